The van der Waals surface area contributed by atoms with Crippen LogP contribution in [-0.4, -0.2) is 30.3 Å². The van der Waals surface area contributed by atoms with Gasteiger partial charge in [0, 0.05) is 23.7 Å². The van der Waals surface area contributed by atoms with Crippen molar-refractivity contribution in [1.82, 2.24) is 15.5 Å². The number of carbonyl (C=O) groups excluding carboxylic acids is 1. The summed E-state index contributed by atoms with van der Waals surface area (Å²) in [5.41, 5.74) is 4.14. The van der Waals surface area contributed by atoms with Crippen molar-refractivity contribution < 1.29 is 14.3 Å². The molecule has 0 saturated heterocycles. The van der Waals surface area contributed by atoms with Crippen molar-refractivity contribution in [3.8, 4) is 22.8 Å². The van der Waals surface area contributed by atoms with E-state index in [2.05, 4.69) is 15.5 Å². The SMILES string of the molecule is COc1ccc(CNC(=O)c2cn[nH]c2-c2ccc(C)cc2)c(OC)c1. The van der Waals surface area contributed by atoms with E-state index in [0.717, 1.165) is 16.7 Å². The van der Waals surface area contributed by atoms with Crippen LogP contribution in [0.2, 0.25) is 0 Å². The summed E-state index contributed by atoms with van der Waals surface area (Å²) in [4.78, 5) is 12.6. The molecule has 3 rings (SSSR count). The predicted octanol–water partition coefficient (Wildman–Crippen LogP) is 3.33. The molecule has 0 fully saturated rings. The zero-order valence-corrected chi connectivity index (χ0v) is 15.0. The van der Waals surface area contributed by atoms with E-state index in [1.807, 2.05) is 43.3 Å². The zero-order chi connectivity index (χ0) is 18.5. The number of ether oxygens (including phenoxy) is 2. The minimum absolute atomic E-state index is 0.202. The van der Waals surface area contributed by atoms with E-state index in [1.54, 1.807) is 20.3 Å². The quantitative estimate of drug-likeness (QED) is 0.714. The summed E-state index contributed by atoms with van der Waals surface area (Å²) in [5, 5.41) is 9.85. The molecular weight excluding hydrogens is 330 g/mol. The molecule has 26 heavy (non-hydrogen) atoms. The summed E-state index contributed by atoms with van der Waals surface area (Å²) in [5.74, 6) is 1.16. The molecule has 134 valence electrons. The molecule has 0 saturated carbocycles. The fraction of sp³-hybridized carbons (Fsp3) is 0.200. The highest BCUT2D eigenvalue weighted by Gasteiger charge is 2.16. The topological polar surface area (TPSA) is 76.2 Å². The highest BCUT2D eigenvalue weighted by Crippen LogP contribution is 2.25. The summed E-state index contributed by atoms with van der Waals surface area (Å²) in [6.07, 6.45) is 1.54. The molecular formula is C20H21N3O3. The molecule has 0 radical (unpaired) electrons. The molecule has 1 aromatic heterocycles. The molecule has 1 heterocycles. The summed E-state index contributed by atoms with van der Waals surface area (Å²) in [6.45, 7) is 2.36. The smallest absolute Gasteiger partial charge is 0.255 e. The standard InChI is InChI=1S/C20H21N3O3/c1-13-4-6-14(7-5-13)19-17(12-22-23-19)20(24)21-11-15-8-9-16(25-2)10-18(15)26-3/h4-10,12H,11H2,1-3H3,(H,21,24)(H,22,23). The van der Waals surface area contributed by atoms with Crippen molar-refractivity contribution in [3.05, 3.63) is 65.4 Å². The second-order valence-corrected chi connectivity index (χ2v) is 5.89. The van der Waals surface area contributed by atoms with Gasteiger partial charge in [-0.25, -0.2) is 0 Å². The van der Waals surface area contributed by atoms with Gasteiger partial charge in [0.15, 0.2) is 0 Å². The lowest BCUT2D eigenvalue weighted by Crippen LogP contribution is -2.23. The van der Waals surface area contributed by atoms with Crippen LogP contribution in [0, 0.1) is 6.92 Å². The number of aryl methyl sites for hydroxylation is 1. The maximum Gasteiger partial charge on any atom is 0.255 e. The van der Waals surface area contributed by atoms with Crippen LogP contribution in [0.3, 0.4) is 0 Å². The first-order valence-electron chi connectivity index (χ1n) is 8.22. The minimum atomic E-state index is -0.202. The van der Waals surface area contributed by atoms with Crippen molar-refractivity contribution in [2.75, 3.05) is 14.2 Å². The summed E-state index contributed by atoms with van der Waals surface area (Å²) in [6, 6.07) is 13.4. The van der Waals surface area contributed by atoms with Crippen LogP contribution in [0.25, 0.3) is 11.3 Å². The Morgan fingerprint density at radius 1 is 1.12 bits per heavy atom. The molecule has 0 aliphatic rings. The Morgan fingerprint density at radius 2 is 1.88 bits per heavy atom. The second-order valence-electron chi connectivity index (χ2n) is 5.89. The summed E-state index contributed by atoms with van der Waals surface area (Å²) in [7, 11) is 3.19. The van der Waals surface area contributed by atoms with Crippen molar-refractivity contribution in [2.24, 2.45) is 0 Å². The first-order chi connectivity index (χ1) is 12.6. The Bertz CT molecular complexity index is 901. The molecule has 6 nitrogen and oxygen atoms in total. The monoisotopic (exact) mass is 351 g/mol. The number of carbonyl (C=O) groups is 1. The van der Waals surface area contributed by atoms with Crippen LogP contribution in [-0.2, 0) is 6.54 Å². The molecule has 6 heteroatoms. The fourth-order valence-electron chi connectivity index (χ4n) is 2.67. The van der Waals surface area contributed by atoms with Crippen LogP contribution < -0.4 is 14.8 Å². The van der Waals surface area contributed by atoms with E-state index >= 15 is 0 Å². The predicted molar refractivity (Wildman–Crippen MR) is 99.5 cm³/mol. The average molecular weight is 351 g/mol. The highest BCUT2D eigenvalue weighted by atomic mass is 16.5. The molecule has 2 N–H and O–H groups in total. The van der Waals surface area contributed by atoms with Gasteiger partial charge in [-0.15, -0.1) is 0 Å². The number of aromatic amines is 1. The normalized spacial score (nSPS) is 10.4. The Labute approximate surface area is 152 Å². The average Bonchev–Trinajstić information content (AvgIpc) is 3.16. The molecule has 2 aromatic carbocycles. The number of hydrogen-bond donors (Lipinski definition) is 2. The Morgan fingerprint density at radius 3 is 2.58 bits per heavy atom. The van der Waals surface area contributed by atoms with Crippen LogP contribution in [0.15, 0.2) is 48.7 Å². The number of amides is 1. The number of nitrogens with zero attached hydrogens (tertiary/aromatic N) is 1. The van der Waals surface area contributed by atoms with Crippen molar-refractivity contribution in [2.45, 2.75) is 13.5 Å². The van der Waals surface area contributed by atoms with Gasteiger partial charge in [0.1, 0.15) is 11.5 Å². The molecule has 0 unspecified atom stereocenters. The minimum Gasteiger partial charge on any atom is -0.497 e. The number of hydrogen-bond acceptors (Lipinski definition) is 4. The van der Waals surface area contributed by atoms with Crippen molar-refractivity contribution in [1.29, 1.82) is 0 Å². The van der Waals surface area contributed by atoms with E-state index < -0.39 is 0 Å². The number of benzene rings is 2. The molecule has 3 aromatic rings. The fourth-order valence-corrected chi connectivity index (χ4v) is 2.67. The van der Waals surface area contributed by atoms with E-state index in [1.165, 1.54) is 6.20 Å². The third-order valence-electron chi connectivity index (χ3n) is 4.16. The number of H-pyrrole nitrogens is 1. The lowest BCUT2D eigenvalue weighted by molar-refractivity contribution is 0.0951. The van der Waals surface area contributed by atoms with Crippen LogP contribution in [0.4, 0.5) is 0 Å². The number of rotatable bonds is 6. The highest BCUT2D eigenvalue weighted by molar-refractivity contribution is 5.99. The summed E-state index contributed by atoms with van der Waals surface area (Å²) < 4.78 is 10.6. The van der Waals surface area contributed by atoms with Gasteiger partial charge in [0.2, 0.25) is 0 Å². The van der Waals surface area contributed by atoms with Gasteiger partial charge in [0.05, 0.1) is 31.7 Å². The Hall–Kier alpha value is -3.28. The third-order valence-corrected chi connectivity index (χ3v) is 4.16. The van der Waals surface area contributed by atoms with Gasteiger partial charge in [-0.3, -0.25) is 9.89 Å². The Balaban J connectivity index is 1.76. The van der Waals surface area contributed by atoms with E-state index in [-0.39, 0.29) is 5.91 Å². The molecule has 1 amide bonds. The first-order valence-corrected chi connectivity index (χ1v) is 8.22. The van der Waals surface area contributed by atoms with Gasteiger partial charge in [0.25, 0.3) is 5.91 Å². The second kappa shape index (κ2) is 7.74. The van der Waals surface area contributed by atoms with E-state index in [4.69, 9.17) is 9.47 Å². The van der Waals surface area contributed by atoms with E-state index in [9.17, 15) is 4.79 Å². The first kappa shape index (κ1) is 17.5. The Kier molecular flexibility index (Phi) is 5.22. The summed E-state index contributed by atoms with van der Waals surface area (Å²) >= 11 is 0. The van der Waals surface area contributed by atoms with Gasteiger partial charge in [-0.1, -0.05) is 29.8 Å². The molecule has 0 spiro atoms. The maximum atomic E-state index is 12.6. The maximum absolute atomic E-state index is 12.6. The number of aromatic nitrogens is 2. The number of methoxy groups -OCH3 is 2. The lowest BCUT2D eigenvalue weighted by atomic mass is 10.1. The third kappa shape index (κ3) is 3.69. The van der Waals surface area contributed by atoms with Gasteiger partial charge in [-0.2, -0.15) is 5.10 Å². The van der Waals surface area contributed by atoms with Crippen LogP contribution in [0.5, 0.6) is 11.5 Å². The molecule has 0 aliphatic carbocycles. The number of nitrogens with one attached hydrogen (secondary N) is 2. The van der Waals surface area contributed by atoms with Crippen LogP contribution >= 0.6 is 0 Å². The van der Waals surface area contributed by atoms with E-state index in [0.29, 0.717) is 29.3 Å². The molecule has 0 aliphatic heterocycles. The molecule has 0 atom stereocenters. The van der Waals surface area contributed by atoms with Crippen molar-refractivity contribution in [3.63, 3.8) is 0 Å². The van der Waals surface area contributed by atoms with Gasteiger partial charge in [-0.05, 0) is 19.1 Å². The molecule has 0 bridgehead atoms. The zero-order valence-electron chi connectivity index (χ0n) is 15.0. The van der Waals surface area contributed by atoms with Gasteiger partial charge >= 0.3 is 0 Å². The largest absolute Gasteiger partial charge is 0.497 e. The lowest BCUT2D eigenvalue weighted by Gasteiger charge is -2.11. The van der Waals surface area contributed by atoms with Crippen LogP contribution in [0.1, 0.15) is 21.5 Å². The van der Waals surface area contributed by atoms with Gasteiger partial charge < -0.3 is 14.8 Å². The van der Waals surface area contributed by atoms with Crippen molar-refractivity contribution >= 4 is 5.91 Å².